The van der Waals surface area contributed by atoms with E-state index in [1.807, 2.05) is 18.2 Å². The van der Waals surface area contributed by atoms with E-state index >= 15 is 0 Å². The van der Waals surface area contributed by atoms with Crippen LogP contribution in [0.2, 0.25) is 0 Å². The van der Waals surface area contributed by atoms with Crippen molar-refractivity contribution in [3.8, 4) is 5.88 Å². The van der Waals surface area contributed by atoms with Crippen LogP contribution in [0.25, 0.3) is 0 Å². The lowest BCUT2D eigenvalue weighted by Crippen LogP contribution is -2.16. The Labute approximate surface area is 109 Å². The SMILES string of the molecule is Brc1cnc2c(c1)CC[C@H](c1ccccc1)O2. The zero-order valence-electron chi connectivity index (χ0n) is 9.27. The molecule has 3 rings (SSSR count). The van der Waals surface area contributed by atoms with Crippen molar-refractivity contribution in [3.05, 3.63) is 58.2 Å². The highest BCUT2D eigenvalue weighted by atomic mass is 79.9. The molecule has 0 spiro atoms. The molecule has 2 heterocycles. The summed E-state index contributed by atoms with van der Waals surface area (Å²) in [4.78, 5) is 4.33. The summed E-state index contributed by atoms with van der Waals surface area (Å²) >= 11 is 3.43. The second kappa shape index (κ2) is 4.49. The maximum Gasteiger partial charge on any atom is 0.217 e. The molecule has 1 atom stereocenters. The molecular weight excluding hydrogens is 278 g/mol. The molecule has 1 aliphatic rings. The number of hydrogen-bond donors (Lipinski definition) is 0. The lowest BCUT2D eigenvalue weighted by atomic mass is 9.99. The van der Waals surface area contributed by atoms with Gasteiger partial charge in [0.05, 0.1) is 0 Å². The van der Waals surface area contributed by atoms with Crippen molar-refractivity contribution in [1.29, 1.82) is 0 Å². The van der Waals surface area contributed by atoms with Crippen LogP contribution in [-0.4, -0.2) is 4.98 Å². The zero-order chi connectivity index (χ0) is 11.7. The van der Waals surface area contributed by atoms with E-state index in [1.54, 1.807) is 6.20 Å². The summed E-state index contributed by atoms with van der Waals surface area (Å²) in [6.45, 7) is 0. The van der Waals surface area contributed by atoms with Crippen molar-refractivity contribution in [2.75, 3.05) is 0 Å². The first-order valence-electron chi connectivity index (χ1n) is 5.69. The summed E-state index contributed by atoms with van der Waals surface area (Å²) in [6, 6.07) is 12.4. The minimum atomic E-state index is 0.136. The summed E-state index contributed by atoms with van der Waals surface area (Å²) in [5.41, 5.74) is 2.41. The molecule has 2 nitrogen and oxygen atoms in total. The minimum absolute atomic E-state index is 0.136. The van der Waals surface area contributed by atoms with E-state index in [-0.39, 0.29) is 6.10 Å². The molecule has 2 aromatic rings. The molecule has 86 valence electrons. The number of halogens is 1. The van der Waals surface area contributed by atoms with Gasteiger partial charge in [0.15, 0.2) is 0 Å². The van der Waals surface area contributed by atoms with Crippen LogP contribution < -0.4 is 4.74 Å². The van der Waals surface area contributed by atoms with Crippen molar-refractivity contribution in [2.24, 2.45) is 0 Å². The van der Waals surface area contributed by atoms with Crippen LogP contribution in [0.4, 0.5) is 0 Å². The van der Waals surface area contributed by atoms with Crippen molar-refractivity contribution in [1.82, 2.24) is 4.98 Å². The van der Waals surface area contributed by atoms with Gasteiger partial charge >= 0.3 is 0 Å². The molecule has 0 fully saturated rings. The molecule has 0 saturated heterocycles. The number of rotatable bonds is 1. The number of fused-ring (bicyclic) bond motifs is 1. The number of nitrogens with zero attached hydrogens (tertiary/aromatic N) is 1. The van der Waals surface area contributed by atoms with Crippen LogP contribution in [0.3, 0.4) is 0 Å². The Hall–Kier alpha value is -1.35. The van der Waals surface area contributed by atoms with E-state index in [4.69, 9.17) is 4.74 Å². The second-order valence-electron chi connectivity index (χ2n) is 4.17. The summed E-state index contributed by atoms with van der Waals surface area (Å²) < 4.78 is 6.95. The van der Waals surface area contributed by atoms with Crippen LogP contribution in [0.5, 0.6) is 5.88 Å². The number of pyridine rings is 1. The highest BCUT2D eigenvalue weighted by molar-refractivity contribution is 9.10. The fourth-order valence-corrected chi connectivity index (χ4v) is 2.52. The van der Waals surface area contributed by atoms with Crippen molar-refractivity contribution in [3.63, 3.8) is 0 Å². The Balaban J connectivity index is 1.88. The molecule has 0 radical (unpaired) electrons. The molecule has 0 aliphatic carbocycles. The Morgan fingerprint density at radius 3 is 2.88 bits per heavy atom. The summed E-state index contributed by atoms with van der Waals surface area (Å²) in [5, 5.41) is 0. The molecule has 0 amide bonds. The van der Waals surface area contributed by atoms with Gasteiger partial charge in [-0.25, -0.2) is 4.98 Å². The zero-order valence-corrected chi connectivity index (χ0v) is 10.9. The van der Waals surface area contributed by atoms with E-state index in [2.05, 4.69) is 39.1 Å². The van der Waals surface area contributed by atoms with Gasteiger partial charge in [-0.2, -0.15) is 0 Å². The summed E-state index contributed by atoms with van der Waals surface area (Å²) in [7, 11) is 0. The first kappa shape index (κ1) is 10.8. The maximum absolute atomic E-state index is 5.94. The van der Waals surface area contributed by atoms with Crippen molar-refractivity contribution in [2.45, 2.75) is 18.9 Å². The van der Waals surface area contributed by atoms with Crippen LogP contribution in [-0.2, 0) is 6.42 Å². The lowest BCUT2D eigenvalue weighted by molar-refractivity contribution is 0.168. The second-order valence-corrected chi connectivity index (χ2v) is 5.09. The predicted molar refractivity (Wildman–Crippen MR) is 70.1 cm³/mol. The Morgan fingerprint density at radius 1 is 1.24 bits per heavy atom. The number of aryl methyl sites for hydroxylation is 1. The van der Waals surface area contributed by atoms with Gasteiger partial charge in [-0.05, 0) is 40.4 Å². The van der Waals surface area contributed by atoms with Gasteiger partial charge in [0.2, 0.25) is 5.88 Å². The first-order chi connectivity index (χ1) is 8.33. The standard InChI is InChI=1S/C14H12BrNO/c15-12-8-11-6-7-13(17-14(11)16-9-12)10-4-2-1-3-5-10/h1-5,8-9,13H,6-7H2/t13-/m1/s1. The van der Waals surface area contributed by atoms with E-state index < -0.39 is 0 Å². The van der Waals surface area contributed by atoms with Gasteiger partial charge < -0.3 is 4.74 Å². The van der Waals surface area contributed by atoms with E-state index in [0.717, 1.165) is 23.2 Å². The third-order valence-corrected chi connectivity index (χ3v) is 3.43. The highest BCUT2D eigenvalue weighted by Gasteiger charge is 2.22. The van der Waals surface area contributed by atoms with E-state index in [1.165, 1.54) is 11.1 Å². The summed E-state index contributed by atoms with van der Waals surface area (Å²) in [5.74, 6) is 0.772. The molecule has 1 aromatic carbocycles. The van der Waals surface area contributed by atoms with E-state index in [9.17, 15) is 0 Å². The Bertz CT molecular complexity index is 527. The average Bonchev–Trinajstić information content (AvgIpc) is 2.39. The first-order valence-corrected chi connectivity index (χ1v) is 6.48. The fraction of sp³-hybridized carbons (Fsp3) is 0.214. The molecule has 1 aromatic heterocycles. The minimum Gasteiger partial charge on any atom is -0.469 e. The topological polar surface area (TPSA) is 22.1 Å². The quantitative estimate of drug-likeness (QED) is 0.794. The Morgan fingerprint density at radius 2 is 2.06 bits per heavy atom. The van der Waals surface area contributed by atoms with Crippen molar-refractivity contribution >= 4 is 15.9 Å². The number of benzene rings is 1. The van der Waals surface area contributed by atoms with Crippen LogP contribution in [0, 0.1) is 0 Å². The lowest BCUT2D eigenvalue weighted by Gasteiger charge is -2.25. The largest absolute Gasteiger partial charge is 0.469 e. The van der Waals surface area contributed by atoms with Gasteiger partial charge in [-0.1, -0.05) is 30.3 Å². The molecule has 17 heavy (non-hydrogen) atoms. The number of ether oxygens (including phenoxy) is 1. The third-order valence-electron chi connectivity index (χ3n) is 2.99. The van der Waals surface area contributed by atoms with Gasteiger partial charge in [0.25, 0.3) is 0 Å². The average molecular weight is 290 g/mol. The number of aromatic nitrogens is 1. The molecule has 1 aliphatic heterocycles. The van der Waals surface area contributed by atoms with Gasteiger partial charge in [0, 0.05) is 16.2 Å². The molecule has 0 unspecified atom stereocenters. The number of hydrogen-bond acceptors (Lipinski definition) is 2. The van der Waals surface area contributed by atoms with Gasteiger partial charge in [0.1, 0.15) is 6.10 Å². The fourth-order valence-electron chi connectivity index (χ4n) is 2.14. The maximum atomic E-state index is 5.94. The predicted octanol–water partition coefficient (Wildman–Crippen LogP) is 3.91. The van der Waals surface area contributed by atoms with Crippen LogP contribution >= 0.6 is 15.9 Å². The third kappa shape index (κ3) is 2.20. The molecule has 0 bridgehead atoms. The summed E-state index contributed by atoms with van der Waals surface area (Å²) in [6.07, 6.45) is 3.94. The van der Waals surface area contributed by atoms with E-state index in [0.29, 0.717) is 0 Å². The monoisotopic (exact) mass is 289 g/mol. The van der Waals surface area contributed by atoms with Gasteiger partial charge in [-0.15, -0.1) is 0 Å². The highest BCUT2D eigenvalue weighted by Crippen LogP contribution is 2.34. The molecule has 0 N–H and O–H groups in total. The normalized spacial score (nSPS) is 18.3. The van der Waals surface area contributed by atoms with Crippen molar-refractivity contribution < 1.29 is 4.74 Å². The molecule has 3 heteroatoms. The Kier molecular flexibility index (Phi) is 2.85. The van der Waals surface area contributed by atoms with Gasteiger partial charge in [-0.3, -0.25) is 0 Å². The van der Waals surface area contributed by atoms with Crippen LogP contribution in [0.15, 0.2) is 47.1 Å². The molecular formula is C14H12BrNO. The molecule has 0 saturated carbocycles. The smallest absolute Gasteiger partial charge is 0.217 e. The van der Waals surface area contributed by atoms with Crippen LogP contribution in [0.1, 0.15) is 23.7 Å².